The second-order valence-corrected chi connectivity index (χ2v) is 6.26. The fourth-order valence-electron chi connectivity index (χ4n) is 2.84. The minimum atomic E-state index is 0.812. The van der Waals surface area contributed by atoms with Gasteiger partial charge in [-0.25, -0.2) is 4.98 Å². The molecule has 0 atom stereocenters. The molecule has 3 rings (SSSR count). The minimum absolute atomic E-state index is 0.812. The third kappa shape index (κ3) is 3.25. The zero-order valence-electron chi connectivity index (χ0n) is 11.5. The highest BCUT2D eigenvalue weighted by Gasteiger charge is 2.19. The molecule has 19 heavy (non-hydrogen) atoms. The third-order valence-corrected chi connectivity index (χ3v) is 4.80. The molecule has 0 amide bonds. The quantitative estimate of drug-likeness (QED) is 0.854. The molecule has 102 valence electrons. The van der Waals surface area contributed by atoms with Crippen molar-refractivity contribution in [3.63, 3.8) is 0 Å². The first-order valence-electron chi connectivity index (χ1n) is 7.02. The van der Waals surface area contributed by atoms with Crippen LogP contribution in [0.3, 0.4) is 0 Å². The van der Waals surface area contributed by atoms with Crippen LogP contribution in [0.1, 0.15) is 24.2 Å². The number of likely N-dealkylation sites (tertiary alicyclic amines) is 1. The summed E-state index contributed by atoms with van der Waals surface area (Å²) in [6, 6.07) is 2.24. The van der Waals surface area contributed by atoms with E-state index in [0.29, 0.717) is 0 Å². The Hall–Kier alpha value is -1.13. The van der Waals surface area contributed by atoms with E-state index in [-0.39, 0.29) is 0 Å². The Morgan fingerprint density at radius 1 is 1.37 bits per heavy atom. The van der Waals surface area contributed by atoms with Crippen LogP contribution in [0.15, 0.2) is 29.2 Å². The summed E-state index contributed by atoms with van der Waals surface area (Å²) in [6.07, 6.45) is 6.62. The number of thiophene rings is 1. The molecule has 4 heteroatoms. The normalized spacial score (nSPS) is 17.9. The van der Waals surface area contributed by atoms with Gasteiger partial charge in [-0.15, -0.1) is 0 Å². The molecule has 1 saturated heterocycles. The van der Waals surface area contributed by atoms with Gasteiger partial charge in [-0.2, -0.15) is 11.3 Å². The van der Waals surface area contributed by atoms with Crippen LogP contribution in [0, 0.1) is 12.8 Å². The lowest BCUT2D eigenvalue weighted by atomic mass is 9.96. The maximum Gasteiger partial charge on any atom is 0.105 e. The SMILES string of the molecule is Cc1nccn1CC1CCN(Cc2ccsc2)CC1. The van der Waals surface area contributed by atoms with Gasteiger partial charge in [0.2, 0.25) is 0 Å². The molecule has 2 aromatic rings. The number of aryl methyl sites for hydroxylation is 1. The van der Waals surface area contributed by atoms with Crippen molar-refractivity contribution in [2.24, 2.45) is 5.92 Å². The fraction of sp³-hybridized carbons (Fsp3) is 0.533. The number of hydrogen-bond acceptors (Lipinski definition) is 3. The van der Waals surface area contributed by atoms with Crippen LogP contribution in [0.5, 0.6) is 0 Å². The Morgan fingerprint density at radius 2 is 2.21 bits per heavy atom. The number of hydrogen-bond donors (Lipinski definition) is 0. The Bertz CT molecular complexity index is 495. The molecule has 1 aliphatic heterocycles. The summed E-state index contributed by atoms with van der Waals surface area (Å²) in [7, 11) is 0. The van der Waals surface area contributed by atoms with Crippen LogP contribution in [0.2, 0.25) is 0 Å². The standard InChI is InChI=1S/C15H21N3S/c1-13-16-5-8-18(13)11-14-2-6-17(7-3-14)10-15-4-9-19-12-15/h4-5,8-9,12,14H,2-3,6-7,10-11H2,1H3. The van der Waals surface area contributed by atoms with E-state index in [2.05, 4.69) is 44.4 Å². The first-order valence-corrected chi connectivity index (χ1v) is 7.97. The summed E-state index contributed by atoms with van der Waals surface area (Å²) in [5.74, 6) is 1.95. The molecule has 0 radical (unpaired) electrons. The largest absolute Gasteiger partial charge is 0.335 e. The molecule has 0 unspecified atom stereocenters. The Labute approximate surface area is 118 Å². The zero-order valence-corrected chi connectivity index (χ0v) is 12.3. The summed E-state index contributed by atoms with van der Waals surface area (Å²) >= 11 is 1.80. The third-order valence-electron chi connectivity index (χ3n) is 4.07. The van der Waals surface area contributed by atoms with Gasteiger partial charge >= 0.3 is 0 Å². The van der Waals surface area contributed by atoms with Gasteiger partial charge in [0.1, 0.15) is 5.82 Å². The van der Waals surface area contributed by atoms with Crippen molar-refractivity contribution >= 4 is 11.3 Å². The van der Waals surface area contributed by atoms with Crippen molar-refractivity contribution in [1.29, 1.82) is 0 Å². The van der Waals surface area contributed by atoms with Gasteiger partial charge in [-0.3, -0.25) is 4.90 Å². The lowest BCUT2D eigenvalue weighted by molar-refractivity contribution is 0.167. The van der Waals surface area contributed by atoms with E-state index in [4.69, 9.17) is 0 Å². The molecule has 0 aromatic carbocycles. The summed E-state index contributed by atoms with van der Waals surface area (Å²) in [6.45, 7) is 6.81. The number of nitrogens with zero attached hydrogens (tertiary/aromatic N) is 3. The topological polar surface area (TPSA) is 21.1 Å². The average Bonchev–Trinajstić information content (AvgIpc) is 3.05. The number of rotatable bonds is 4. The van der Waals surface area contributed by atoms with E-state index < -0.39 is 0 Å². The zero-order chi connectivity index (χ0) is 13.1. The Balaban J connectivity index is 1.48. The molecule has 3 heterocycles. The predicted octanol–water partition coefficient (Wildman–Crippen LogP) is 3.17. The van der Waals surface area contributed by atoms with Gasteiger partial charge < -0.3 is 4.57 Å². The van der Waals surface area contributed by atoms with Gasteiger partial charge in [0.05, 0.1) is 0 Å². The molecular formula is C15H21N3S. The highest BCUT2D eigenvalue weighted by molar-refractivity contribution is 7.07. The lowest BCUT2D eigenvalue weighted by Gasteiger charge is -2.32. The van der Waals surface area contributed by atoms with E-state index in [1.807, 2.05) is 6.20 Å². The fourth-order valence-corrected chi connectivity index (χ4v) is 3.50. The average molecular weight is 275 g/mol. The molecule has 0 saturated carbocycles. The summed E-state index contributed by atoms with van der Waals surface area (Å²) in [4.78, 5) is 6.88. The highest BCUT2D eigenvalue weighted by atomic mass is 32.1. The molecular weight excluding hydrogens is 254 g/mol. The van der Waals surface area contributed by atoms with Crippen LogP contribution in [0.4, 0.5) is 0 Å². The molecule has 0 bridgehead atoms. The number of piperidine rings is 1. The van der Waals surface area contributed by atoms with Crippen molar-refractivity contribution in [3.8, 4) is 0 Å². The molecule has 1 fully saturated rings. The molecule has 0 N–H and O–H groups in total. The van der Waals surface area contributed by atoms with Crippen molar-refractivity contribution in [3.05, 3.63) is 40.6 Å². The van der Waals surface area contributed by atoms with Gasteiger partial charge in [0.25, 0.3) is 0 Å². The highest BCUT2D eigenvalue weighted by Crippen LogP contribution is 2.21. The van der Waals surface area contributed by atoms with Crippen LogP contribution < -0.4 is 0 Å². The second kappa shape index (κ2) is 5.88. The number of imidazole rings is 1. The summed E-state index contributed by atoms with van der Waals surface area (Å²) in [5, 5.41) is 4.44. The van der Waals surface area contributed by atoms with Crippen LogP contribution >= 0.6 is 11.3 Å². The first kappa shape index (κ1) is 12.9. The summed E-state index contributed by atoms with van der Waals surface area (Å²) in [5.41, 5.74) is 1.47. The second-order valence-electron chi connectivity index (χ2n) is 5.48. The van der Waals surface area contributed by atoms with Gasteiger partial charge in [0, 0.05) is 25.5 Å². The Kier molecular flexibility index (Phi) is 3.99. The molecule has 0 spiro atoms. The van der Waals surface area contributed by atoms with Crippen molar-refractivity contribution < 1.29 is 0 Å². The van der Waals surface area contributed by atoms with Crippen molar-refractivity contribution in [2.45, 2.75) is 32.9 Å². The van der Waals surface area contributed by atoms with Crippen molar-refractivity contribution in [2.75, 3.05) is 13.1 Å². The van der Waals surface area contributed by atoms with Gasteiger partial charge in [0.15, 0.2) is 0 Å². The van der Waals surface area contributed by atoms with Crippen LogP contribution in [-0.2, 0) is 13.1 Å². The van der Waals surface area contributed by atoms with E-state index in [1.165, 1.54) is 31.5 Å². The van der Waals surface area contributed by atoms with E-state index in [1.54, 1.807) is 11.3 Å². The maximum absolute atomic E-state index is 4.30. The summed E-state index contributed by atoms with van der Waals surface area (Å²) < 4.78 is 2.29. The van der Waals surface area contributed by atoms with Gasteiger partial charge in [-0.05, 0) is 61.2 Å². The Morgan fingerprint density at radius 3 is 2.84 bits per heavy atom. The molecule has 2 aromatic heterocycles. The molecule has 3 nitrogen and oxygen atoms in total. The molecule has 1 aliphatic rings. The number of aromatic nitrogens is 2. The van der Waals surface area contributed by atoms with E-state index in [0.717, 1.165) is 24.8 Å². The predicted molar refractivity (Wildman–Crippen MR) is 79.3 cm³/mol. The lowest BCUT2D eigenvalue weighted by Crippen LogP contribution is -2.34. The van der Waals surface area contributed by atoms with Crippen LogP contribution in [0.25, 0.3) is 0 Å². The molecule has 0 aliphatic carbocycles. The van der Waals surface area contributed by atoms with E-state index in [9.17, 15) is 0 Å². The van der Waals surface area contributed by atoms with E-state index >= 15 is 0 Å². The monoisotopic (exact) mass is 275 g/mol. The van der Waals surface area contributed by atoms with Gasteiger partial charge in [-0.1, -0.05) is 0 Å². The van der Waals surface area contributed by atoms with Crippen molar-refractivity contribution in [1.82, 2.24) is 14.5 Å². The van der Waals surface area contributed by atoms with Crippen LogP contribution in [-0.4, -0.2) is 27.5 Å². The minimum Gasteiger partial charge on any atom is -0.335 e. The first-order chi connectivity index (χ1) is 9.31. The maximum atomic E-state index is 4.30. The smallest absolute Gasteiger partial charge is 0.105 e.